The molecule has 21 heavy (non-hydrogen) atoms. The number of piperidine rings is 1. The zero-order chi connectivity index (χ0) is 15.5. The minimum Gasteiger partial charge on any atom is -0.481 e. The maximum absolute atomic E-state index is 11.6. The number of carbonyl (C=O) groups is 1. The molecule has 1 heterocycles. The van der Waals surface area contributed by atoms with Crippen molar-refractivity contribution in [2.75, 3.05) is 13.1 Å². The molecule has 0 amide bonds. The molecule has 0 bridgehead atoms. The molecule has 0 aliphatic carbocycles. The second kappa shape index (κ2) is 6.80. The van der Waals surface area contributed by atoms with E-state index in [0.29, 0.717) is 0 Å². The Labute approximate surface area is 131 Å². The summed E-state index contributed by atoms with van der Waals surface area (Å²) in [5, 5.41) is 10.3. The summed E-state index contributed by atoms with van der Waals surface area (Å²) in [6, 6.07) is 8.21. The topological polar surface area (TPSA) is 40.5 Å². The summed E-state index contributed by atoms with van der Waals surface area (Å²) in [5.41, 5.74) is 0.681. The third-order valence-electron chi connectivity index (χ3n) is 4.82. The van der Waals surface area contributed by atoms with Crippen molar-refractivity contribution in [3.05, 3.63) is 34.9 Å². The number of rotatable bonds is 5. The summed E-state index contributed by atoms with van der Waals surface area (Å²) in [5.74, 6) is -0.626. The van der Waals surface area contributed by atoms with E-state index in [1.165, 1.54) is 5.56 Å². The lowest BCUT2D eigenvalue weighted by atomic mass is 9.74. The molecule has 0 aromatic heterocycles. The van der Waals surface area contributed by atoms with Gasteiger partial charge in [-0.15, -0.1) is 0 Å². The number of aliphatic carboxylic acids is 1. The number of benzene rings is 1. The predicted octanol–water partition coefficient (Wildman–Crippen LogP) is 4.37. The van der Waals surface area contributed by atoms with Crippen LogP contribution in [0.1, 0.15) is 51.1 Å². The highest BCUT2D eigenvalue weighted by Crippen LogP contribution is 2.39. The normalized spacial score (nSPS) is 20.1. The largest absolute Gasteiger partial charge is 0.481 e. The molecular weight excluding hydrogens is 286 g/mol. The lowest BCUT2D eigenvalue weighted by Gasteiger charge is -2.41. The molecule has 1 aromatic rings. The number of likely N-dealkylation sites (tertiary alicyclic amines) is 1. The third kappa shape index (κ3) is 3.58. The molecule has 2 rings (SSSR count). The average molecular weight is 310 g/mol. The quantitative estimate of drug-likeness (QED) is 0.878. The summed E-state index contributed by atoms with van der Waals surface area (Å²) < 4.78 is 0. The number of carboxylic acid groups (broad SMARTS) is 1. The average Bonchev–Trinajstić information content (AvgIpc) is 2.47. The molecule has 4 heteroatoms. The molecule has 116 valence electrons. The first-order chi connectivity index (χ1) is 9.98. The van der Waals surface area contributed by atoms with E-state index in [9.17, 15) is 9.90 Å². The van der Waals surface area contributed by atoms with Crippen molar-refractivity contribution in [1.82, 2.24) is 4.90 Å². The number of halogens is 1. The lowest BCUT2D eigenvalue weighted by Crippen LogP contribution is -2.45. The Hall–Kier alpha value is -1.06. The first kappa shape index (κ1) is 16.3. The van der Waals surface area contributed by atoms with E-state index < -0.39 is 11.4 Å². The highest BCUT2D eigenvalue weighted by Gasteiger charge is 2.41. The van der Waals surface area contributed by atoms with Gasteiger partial charge in [0.2, 0.25) is 0 Å². The van der Waals surface area contributed by atoms with Gasteiger partial charge in [0.1, 0.15) is 0 Å². The fourth-order valence-corrected chi connectivity index (χ4v) is 3.56. The number of nitrogens with zero attached hydrogens (tertiary/aromatic N) is 1. The van der Waals surface area contributed by atoms with E-state index >= 15 is 0 Å². The molecule has 1 aliphatic heterocycles. The maximum Gasteiger partial charge on any atom is 0.309 e. The van der Waals surface area contributed by atoms with Gasteiger partial charge in [-0.25, -0.2) is 0 Å². The summed E-state index contributed by atoms with van der Waals surface area (Å²) in [7, 11) is 0. The molecule has 1 atom stereocenters. The van der Waals surface area contributed by atoms with Crippen LogP contribution >= 0.6 is 11.6 Å². The molecule has 1 aliphatic rings. The van der Waals surface area contributed by atoms with Crippen molar-refractivity contribution in [2.24, 2.45) is 5.41 Å². The molecule has 1 saturated heterocycles. The van der Waals surface area contributed by atoms with E-state index in [2.05, 4.69) is 24.8 Å². The van der Waals surface area contributed by atoms with Gasteiger partial charge in [0.25, 0.3) is 0 Å². The first-order valence-corrected chi connectivity index (χ1v) is 8.09. The summed E-state index contributed by atoms with van der Waals surface area (Å²) in [4.78, 5) is 14.0. The number of carboxylic acids is 1. The van der Waals surface area contributed by atoms with Gasteiger partial charge in [0, 0.05) is 11.1 Å². The number of hydrogen-bond acceptors (Lipinski definition) is 2. The Bertz CT molecular complexity index is 495. The van der Waals surface area contributed by atoms with E-state index in [4.69, 9.17) is 11.6 Å². The minimum absolute atomic E-state index is 0.275. The van der Waals surface area contributed by atoms with E-state index in [1.807, 2.05) is 18.2 Å². The Balaban J connectivity index is 2.04. The molecule has 1 fully saturated rings. The van der Waals surface area contributed by atoms with Gasteiger partial charge < -0.3 is 5.11 Å². The van der Waals surface area contributed by atoms with Crippen molar-refractivity contribution < 1.29 is 9.90 Å². The van der Waals surface area contributed by atoms with Crippen LogP contribution in [0.5, 0.6) is 0 Å². The second-order valence-corrected chi connectivity index (χ2v) is 6.54. The Morgan fingerprint density at radius 2 is 2.10 bits per heavy atom. The van der Waals surface area contributed by atoms with Gasteiger partial charge in [0.05, 0.1) is 5.41 Å². The Kier molecular flexibility index (Phi) is 5.28. The Morgan fingerprint density at radius 1 is 1.43 bits per heavy atom. The molecule has 1 unspecified atom stereocenters. The molecular formula is C17H24ClNO2. The fourth-order valence-electron chi connectivity index (χ4n) is 3.37. The number of hydrogen-bond donors (Lipinski definition) is 1. The standard InChI is InChI=1S/C17H24ClNO2/c1-3-7-17(16(20)21)8-10-19(11-9-17)13(2)14-5-4-6-15(18)12-14/h4-6,12-13H,3,7-11H2,1-2H3,(H,20,21). The molecule has 0 radical (unpaired) electrons. The SMILES string of the molecule is CCCC1(C(=O)O)CCN(C(C)c2cccc(Cl)c2)CC1. The third-order valence-corrected chi connectivity index (χ3v) is 5.05. The van der Waals surface area contributed by atoms with Crippen LogP contribution < -0.4 is 0 Å². The highest BCUT2D eigenvalue weighted by molar-refractivity contribution is 6.30. The van der Waals surface area contributed by atoms with E-state index in [-0.39, 0.29) is 6.04 Å². The monoisotopic (exact) mass is 309 g/mol. The molecule has 1 aromatic carbocycles. The van der Waals surface area contributed by atoms with Gasteiger partial charge >= 0.3 is 5.97 Å². The molecule has 1 N–H and O–H groups in total. The van der Waals surface area contributed by atoms with Crippen molar-refractivity contribution in [2.45, 2.75) is 45.6 Å². The Morgan fingerprint density at radius 3 is 2.62 bits per heavy atom. The van der Waals surface area contributed by atoms with Gasteiger partial charge in [-0.1, -0.05) is 37.1 Å². The van der Waals surface area contributed by atoms with Crippen LogP contribution in [0.3, 0.4) is 0 Å². The molecule has 0 spiro atoms. The van der Waals surface area contributed by atoms with Gasteiger partial charge in [-0.2, -0.15) is 0 Å². The summed E-state index contributed by atoms with van der Waals surface area (Å²) in [6.07, 6.45) is 3.18. The predicted molar refractivity (Wildman–Crippen MR) is 85.7 cm³/mol. The fraction of sp³-hybridized carbons (Fsp3) is 0.588. The lowest BCUT2D eigenvalue weighted by molar-refractivity contribution is -0.153. The molecule has 0 saturated carbocycles. The van der Waals surface area contributed by atoms with Gasteiger partial charge in [-0.05, 0) is 57.0 Å². The summed E-state index contributed by atoms with van der Waals surface area (Å²) in [6.45, 7) is 5.89. The highest BCUT2D eigenvalue weighted by atomic mass is 35.5. The van der Waals surface area contributed by atoms with Crippen LogP contribution in [0.4, 0.5) is 0 Å². The van der Waals surface area contributed by atoms with Crippen LogP contribution in [0.15, 0.2) is 24.3 Å². The minimum atomic E-state index is -0.626. The van der Waals surface area contributed by atoms with Gasteiger partial charge in [-0.3, -0.25) is 9.69 Å². The van der Waals surface area contributed by atoms with Crippen molar-refractivity contribution >= 4 is 17.6 Å². The van der Waals surface area contributed by atoms with Crippen molar-refractivity contribution in [1.29, 1.82) is 0 Å². The van der Waals surface area contributed by atoms with Crippen LogP contribution in [0.25, 0.3) is 0 Å². The van der Waals surface area contributed by atoms with Crippen LogP contribution in [0, 0.1) is 5.41 Å². The molecule has 3 nitrogen and oxygen atoms in total. The van der Waals surface area contributed by atoms with Gasteiger partial charge in [0.15, 0.2) is 0 Å². The van der Waals surface area contributed by atoms with Crippen molar-refractivity contribution in [3.63, 3.8) is 0 Å². The second-order valence-electron chi connectivity index (χ2n) is 6.10. The summed E-state index contributed by atoms with van der Waals surface area (Å²) >= 11 is 6.06. The van der Waals surface area contributed by atoms with Crippen molar-refractivity contribution in [3.8, 4) is 0 Å². The van der Waals surface area contributed by atoms with Crippen LogP contribution in [0.2, 0.25) is 5.02 Å². The van der Waals surface area contributed by atoms with E-state index in [1.54, 1.807) is 0 Å². The van der Waals surface area contributed by atoms with Crippen LogP contribution in [-0.2, 0) is 4.79 Å². The smallest absolute Gasteiger partial charge is 0.309 e. The zero-order valence-corrected chi connectivity index (χ0v) is 13.6. The first-order valence-electron chi connectivity index (χ1n) is 7.71. The van der Waals surface area contributed by atoms with Crippen LogP contribution in [-0.4, -0.2) is 29.1 Å². The van der Waals surface area contributed by atoms with E-state index in [0.717, 1.165) is 43.8 Å². The zero-order valence-electron chi connectivity index (χ0n) is 12.8. The maximum atomic E-state index is 11.6.